The minimum Gasteiger partial charge on any atom is -0.374 e. The van der Waals surface area contributed by atoms with Gasteiger partial charge in [0.25, 0.3) is 5.91 Å². The molecular weight excluding hydrogens is 294 g/mol. The zero-order chi connectivity index (χ0) is 16.6. The van der Waals surface area contributed by atoms with Gasteiger partial charge in [-0.2, -0.15) is 0 Å². The zero-order valence-corrected chi connectivity index (χ0v) is 12.4. The van der Waals surface area contributed by atoms with Gasteiger partial charge in [0.1, 0.15) is 11.7 Å². The van der Waals surface area contributed by atoms with E-state index in [1.807, 2.05) is 0 Å². The van der Waals surface area contributed by atoms with Crippen LogP contribution in [0.1, 0.15) is 22.8 Å². The highest BCUT2D eigenvalue weighted by molar-refractivity contribution is 6.18. The van der Waals surface area contributed by atoms with Crippen molar-refractivity contribution in [2.45, 2.75) is 12.5 Å². The van der Waals surface area contributed by atoms with Crippen molar-refractivity contribution in [1.82, 2.24) is 0 Å². The largest absolute Gasteiger partial charge is 0.374 e. The lowest BCUT2D eigenvalue weighted by molar-refractivity contribution is -0.144. The third kappa shape index (κ3) is 2.26. The molecule has 0 radical (unpaired) electrons. The molecule has 1 heterocycles. The second-order valence-electron chi connectivity index (χ2n) is 5.54. The molecule has 1 amide bonds. The third-order valence-electron chi connectivity index (χ3n) is 4.08. The maximum absolute atomic E-state index is 12.8. The minimum atomic E-state index is -2.20. The molecule has 5 heteroatoms. The summed E-state index contributed by atoms with van der Waals surface area (Å²) in [5, 5.41) is 13.6. The predicted octanol–water partition coefficient (Wildman–Crippen LogP) is 1.91. The Morgan fingerprint density at radius 1 is 1.04 bits per heavy atom. The molecule has 0 bridgehead atoms. The van der Waals surface area contributed by atoms with Crippen molar-refractivity contribution in [2.24, 2.45) is 5.92 Å². The van der Waals surface area contributed by atoms with Crippen molar-refractivity contribution in [3.8, 4) is 0 Å². The van der Waals surface area contributed by atoms with Crippen molar-refractivity contribution >= 4 is 23.2 Å². The van der Waals surface area contributed by atoms with E-state index in [-0.39, 0.29) is 11.1 Å². The molecule has 0 spiro atoms. The molecule has 2 N–H and O–H groups in total. The average Bonchev–Trinajstić information content (AvgIpc) is 2.80. The number of Topliss-reactive ketones (excluding diaryl/α,β-unsaturated/α-hetero) is 2. The van der Waals surface area contributed by atoms with Crippen LogP contribution >= 0.6 is 0 Å². The van der Waals surface area contributed by atoms with Gasteiger partial charge in [0.05, 0.1) is 0 Å². The SMILES string of the molecule is CC(=O)[C@@H](C(=O)c1ccccc1)[C@@]1(O)C(=O)Nc2ccccc21. The summed E-state index contributed by atoms with van der Waals surface area (Å²) in [6.07, 6.45) is 0. The number of fused-ring (bicyclic) bond motifs is 1. The van der Waals surface area contributed by atoms with Crippen LogP contribution in [0.3, 0.4) is 0 Å². The molecule has 1 aliphatic heterocycles. The van der Waals surface area contributed by atoms with E-state index in [0.29, 0.717) is 5.69 Å². The maximum atomic E-state index is 12.8. The molecule has 0 aromatic heterocycles. The number of amides is 1. The number of anilines is 1. The number of carbonyl (C=O) groups excluding carboxylic acids is 3. The minimum absolute atomic E-state index is 0.245. The average molecular weight is 309 g/mol. The van der Waals surface area contributed by atoms with Gasteiger partial charge >= 0.3 is 0 Å². The fourth-order valence-electron chi connectivity index (χ4n) is 2.99. The smallest absolute Gasteiger partial charge is 0.262 e. The summed E-state index contributed by atoms with van der Waals surface area (Å²) in [7, 11) is 0. The standard InChI is InChI=1S/C18H15NO4/c1-11(20)15(16(21)12-7-3-2-4-8-12)18(23)13-9-5-6-10-14(13)19-17(18)22/h2-10,15,23H,1H3,(H,19,22)/t15-,18+/m0/s1. The zero-order valence-electron chi connectivity index (χ0n) is 12.4. The number of hydrogen-bond acceptors (Lipinski definition) is 4. The molecular formula is C18H15NO4. The first-order chi connectivity index (χ1) is 11.0. The maximum Gasteiger partial charge on any atom is 0.262 e. The van der Waals surface area contributed by atoms with E-state index in [0.717, 1.165) is 0 Å². The molecule has 2 aromatic carbocycles. The van der Waals surface area contributed by atoms with Crippen LogP contribution in [0.25, 0.3) is 0 Å². The van der Waals surface area contributed by atoms with Gasteiger partial charge in [-0.15, -0.1) is 0 Å². The quantitative estimate of drug-likeness (QED) is 0.667. The highest BCUT2D eigenvalue weighted by atomic mass is 16.3. The summed E-state index contributed by atoms with van der Waals surface area (Å²) in [5.41, 5.74) is -1.27. The van der Waals surface area contributed by atoms with Gasteiger partial charge in [-0.05, 0) is 13.0 Å². The molecule has 116 valence electrons. The topological polar surface area (TPSA) is 83.5 Å². The predicted molar refractivity (Wildman–Crippen MR) is 83.9 cm³/mol. The molecule has 3 rings (SSSR count). The van der Waals surface area contributed by atoms with E-state index in [1.54, 1.807) is 54.6 Å². The Balaban J connectivity index is 2.14. The summed E-state index contributed by atoms with van der Waals surface area (Å²) in [4.78, 5) is 37.3. The molecule has 2 atom stereocenters. The molecule has 0 fully saturated rings. The number of ketones is 2. The van der Waals surface area contributed by atoms with Gasteiger partial charge in [0.2, 0.25) is 0 Å². The number of carbonyl (C=O) groups is 3. The van der Waals surface area contributed by atoms with Crippen molar-refractivity contribution in [2.75, 3.05) is 5.32 Å². The highest BCUT2D eigenvalue weighted by Crippen LogP contribution is 2.42. The Kier molecular flexibility index (Phi) is 3.58. The van der Waals surface area contributed by atoms with Crippen molar-refractivity contribution in [3.63, 3.8) is 0 Å². The van der Waals surface area contributed by atoms with Crippen LogP contribution in [-0.2, 0) is 15.2 Å². The molecule has 0 aliphatic carbocycles. The van der Waals surface area contributed by atoms with Gasteiger partial charge in [-0.1, -0.05) is 48.5 Å². The van der Waals surface area contributed by atoms with Crippen LogP contribution in [0.4, 0.5) is 5.69 Å². The van der Waals surface area contributed by atoms with Gasteiger partial charge in [0.15, 0.2) is 11.4 Å². The molecule has 0 saturated carbocycles. The summed E-state index contributed by atoms with van der Waals surface area (Å²) in [5.74, 6) is -3.39. The number of para-hydroxylation sites is 1. The van der Waals surface area contributed by atoms with Gasteiger partial charge in [-0.25, -0.2) is 0 Å². The van der Waals surface area contributed by atoms with E-state index in [2.05, 4.69) is 5.32 Å². The first-order valence-electron chi connectivity index (χ1n) is 7.19. The van der Waals surface area contributed by atoms with Crippen molar-refractivity contribution in [3.05, 3.63) is 65.7 Å². The summed E-state index contributed by atoms with van der Waals surface area (Å²) in [6, 6.07) is 14.7. The molecule has 0 unspecified atom stereocenters. The molecule has 1 aliphatic rings. The molecule has 0 saturated heterocycles. The number of benzene rings is 2. The highest BCUT2D eigenvalue weighted by Gasteiger charge is 2.55. The third-order valence-corrected chi connectivity index (χ3v) is 4.08. The Hall–Kier alpha value is -2.79. The van der Waals surface area contributed by atoms with E-state index in [9.17, 15) is 19.5 Å². The fourth-order valence-corrected chi connectivity index (χ4v) is 2.99. The molecule has 5 nitrogen and oxygen atoms in total. The molecule has 23 heavy (non-hydrogen) atoms. The summed E-state index contributed by atoms with van der Waals surface area (Å²) >= 11 is 0. The first-order valence-corrected chi connectivity index (χ1v) is 7.19. The Morgan fingerprint density at radius 3 is 2.30 bits per heavy atom. The van der Waals surface area contributed by atoms with Gasteiger partial charge < -0.3 is 10.4 Å². The van der Waals surface area contributed by atoms with E-state index >= 15 is 0 Å². The van der Waals surface area contributed by atoms with E-state index in [1.165, 1.54) is 6.92 Å². The molecule has 2 aromatic rings. The fraction of sp³-hybridized carbons (Fsp3) is 0.167. The van der Waals surface area contributed by atoms with Crippen molar-refractivity contribution in [1.29, 1.82) is 0 Å². The summed E-state index contributed by atoms with van der Waals surface area (Å²) in [6.45, 7) is 1.21. The van der Waals surface area contributed by atoms with Crippen LogP contribution in [0, 0.1) is 5.92 Å². The van der Waals surface area contributed by atoms with Crippen LogP contribution in [0.2, 0.25) is 0 Å². The van der Waals surface area contributed by atoms with Gasteiger partial charge in [0, 0.05) is 16.8 Å². The Morgan fingerprint density at radius 2 is 1.65 bits per heavy atom. The van der Waals surface area contributed by atoms with Crippen LogP contribution in [-0.4, -0.2) is 22.6 Å². The number of aliphatic hydroxyl groups is 1. The van der Waals surface area contributed by atoms with Crippen molar-refractivity contribution < 1.29 is 19.5 Å². The monoisotopic (exact) mass is 309 g/mol. The Bertz CT molecular complexity index is 800. The van der Waals surface area contributed by atoms with E-state index in [4.69, 9.17) is 0 Å². The van der Waals surface area contributed by atoms with E-state index < -0.39 is 29.0 Å². The first kappa shape index (κ1) is 15.1. The van der Waals surface area contributed by atoms with Crippen LogP contribution in [0.15, 0.2) is 54.6 Å². The second-order valence-corrected chi connectivity index (χ2v) is 5.54. The lowest BCUT2D eigenvalue weighted by Gasteiger charge is -2.28. The second kappa shape index (κ2) is 5.44. The number of hydrogen-bond donors (Lipinski definition) is 2. The lowest BCUT2D eigenvalue weighted by atomic mass is 9.76. The van der Waals surface area contributed by atoms with Gasteiger partial charge in [-0.3, -0.25) is 14.4 Å². The van der Waals surface area contributed by atoms with Crippen LogP contribution < -0.4 is 5.32 Å². The summed E-state index contributed by atoms with van der Waals surface area (Å²) < 4.78 is 0. The lowest BCUT2D eigenvalue weighted by Crippen LogP contribution is -2.48. The normalized spacial score (nSPS) is 20.5. The number of rotatable bonds is 4. The Labute approximate surface area is 133 Å². The van der Waals surface area contributed by atoms with Crippen LogP contribution in [0.5, 0.6) is 0 Å². The number of nitrogens with one attached hydrogen (secondary N) is 1.